The zero-order valence-corrected chi connectivity index (χ0v) is 34.4. The number of esters is 6. The smallest absolute Gasteiger partial charge is 0.333 e. The number of carbonyl (C=O) groups excluding carboxylic acids is 6. The third-order valence-corrected chi connectivity index (χ3v) is 11.2. The summed E-state index contributed by atoms with van der Waals surface area (Å²) in [5, 5.41) is 0. The van der Waals surface area contributed by atoms with E-state index in [1.807, 2.05) is 13.0 Å². The molecule has 3 rings (SSSR count). The molecule has 0 aromatic heterocycles. The number of hydrogen-bond donors (Lipinski definition) is 0. The van der Waals surface area contributed by atoms with E-state index < -0.39 is 90.2 Å². The molecule has 1 heterocycles. The molecule has 0 radical (unpaired) electrons. The number of hydrogen-bond acceptors (Lipinski definition) is 14. The van der Waals surface area contributed by atoms with Gasteiger partial charge in [0.05, 0.1) is 6.10 Å². The molecule has 0 bridgehead atoms. The number of carbonyl (C=O) groups is 6. The second-order valence-corrected chi connectivity index (χ2v) is 15.8. The molecule has 0 unspecified atom stereocenters. The van der Waals surface area contributed by atoms with Gasteiger partial charge in [0.2, 0.25) is 0 Å². The molecule has 2 aliphatic carbocycles. The molecular formula is C41H60O14. The SMILES string of the molecule is C/C=C(/C)C(=O)O[C@@H]1[C@@H](O[C@@H]2O[C@H](COC(C)=O)[C@@H](OC(C)=O)[C@H](OC(C)=O)[C@H]2OC(C)=O)C[C@@]2(C)[C@H](CC/C(C)=C/COC(C)=O)C(C)=CC[C@@H]2C1(C)C. The normalized spacial score (nSPS) is 31.9. The third-order valence-electron chi connectivity index (χ3n) is 11.2. The molecule has 0 aromatic carbocycles. The number of ether oxygens (including phenoxy) is 8. The van der Waals surface area contributed by atoms with Gasteiger partial charge in [-0.05, 0) is 76.7 Å². The highest BCUT2D eigenvalue weighted by atomic mass is 16.7. The van der Waals surface area contributed by atoms with E-state index in [0.717, 1.165) is 45.6 Å². The summed E-state index contributed by atoms with van der Waals surface area (Å²) < 4.78 is 46.9. The summed E-state index contributed by atoms with van der Waals surface area (Å²) in [6, 6.07) is 0. The Kier molecular flexibility index (Phi) is 15.8. The van der Waals surface area contributed by atoms with Crippen molar-refractivity contribution >= 4 is 35.8 Å². The standard InChI is InChI=1S/C41H60O14/c1-13-23(3)38(47)55-37-31(20-41(12)30(16-14-22(2)18-19-48-25(5)42)24(4)15-17-33(41)40(37,10)11)53-39-36(52-29(9)46)35(51-28(8)45)34(50-27(7)44)32(54-39)21-49-26(6)43/h13,15,18,30-37,39H,14,16-17,19-21H2,1-12H3/b22-18+,23-13-/t30-,31+,32-,33-,34-,35+,36-,37-,39-,41+/m1/s1. The molecular weight excluding hydrogens is 716 g/mol. The van der Waals surface area contributed by atoms with Crippen LogP contribution >= 0.6 is 0 Å². The molecule has 1 saturated carbocycles. The van der Waals surface area contributed by atoms with E-state index in [0.29, 0.717) is 12.0 Å². The maximum absolute atomic E-state index is 13.5. The first kappa shape index (κ1) is 45.4. The Labute approximate surface area is 324 Å². The van der Waals surface area contributed by atoms with Gasteiger partial charge >= 0.3 is 35.8 Å². The lowest BCUT2D eigenvalue weighted by Gasteiger charge is -2.61. The zero-order valence-electron chi connectivity index (χ0n) is 34.4. The molecule has 14 heteroatoms. The van der Waals surface area contributed by atoms with Gasteiger partial charge in [-0.3, -0.25) is 24.0 Å². The number of allylic oxidation sites excluding steroid dienone is 4. The number of rotatable bonds is 14. The van der Waals surface area contributed by atoms with E-state index in [2.05, 4.69) is 33.8 Å². The van der Waals surface area contributed by atoms with Gasteiger partial charge in [-0.25, -0.2) is 4.79 Å². The van der Waals surface area contributed by atoms with Crippen molar-refractivity contribution in [2.24, 2.45) is 22.7 Å². The van der Waals surface area contributed by atoms with Gasteiger partial charge in [0.15, 0.2) is 24.6 Å². The van der Waals surface area contributed by atoms with Crippen LogP contribution < -0.4 is 0 Å². The van der Waals surface area contributed by atoms with Crippen molar-refractivity contribution in [2.75, 3.05) is 13.2 Å². The van der Waals surface area contributed by atoms with Crippen LogP contribution in [0.1, 0.15) is 109 Å². The van der Waals surface area contributed by atoms with Gasteiger partial charge in [-0.2, -0.15) is 0 Å². The summed E-state index contributed by atoms with van der Waals surface area (Å²) in [6.07, 6.45) is -0.140. The second-order valence-electron chi connectivity index (χ2n) is 15.8. The minimum Gasteiger partial charge on any atom is -0.463 e. The Bertz CT molecular complexity index is 1540. The Morgan fingerprint density at radius 3 is 1.95 bits per heavy atom. The highest BCUT2D eigenvalue weighted by Crippen LogP contribution is 2.62. The van der Waals surface area contributed by atoms with Gasteiger partial charge in [0.25, 0.3) is 0 Å². The Balaban J connectivity index is 2.16. The van der Waals surface area contributed by atoms with Crippen LogP contribution in [0.2, 0.25) is 0 Å². The van der Waals surface area contributed by atoms with Gasteiger partial charge < -0.3 is 37.9 Å². The second kappa shape index (κ2) is 19.2. The molecule has 3 aliphatic rings. The van der Waals surface area contributed by atoms with Crippen LogP contribution in [0.25, 0.3) is 0 Å². The average Bonchev–Trinajstić information content (AvgIpc) is 3.06. The Hall–Kier alpha value is -4.04. The van der Waals surface area contributed by atoms with Crippen LogP contribution in [0.15, 0.2) is 34.9 Å². The first-order valence-corrected chi connectivity index (χ1v) is 18.9. The van der Waals surface area contributed by atoms with Crippen molar-refractivity contribution in [1.82, 2.24) is 0 Å². The van der Waals surface area contributed by atoms with E-state index in [1.165, 1.54) is 19.4 Å². The van der Waals surface area contributed by atoms with Crippen molar-refractivity contribution in [3.8, 4) is 0 Å². The van der Waals surface area contributed by atoms with E-state index in [4.69, 9.17) is 37.9 Å². The van der Waals surface area contributed by atoms with Crippen LogP contribution in [0.3, 0.4) is 0 Å². The molecule has 10 atom stereocenters. The molecule has 14 nitrogen and oxygen atoms in total. The van der Waals surface area contributed by atoms with Crippen LogP contribution in [-0.4, -0.2) is 91.9 Å². The minimum absolute atomic E-state index is 0.0259. The molecule has 0 aromatic rings. The molecule has 1 saturated heterocycles. The molecule has 0 N–H and O–H groups in total. The van der Waals surface area contributed by atoms with Crippen LogP contribution in [-0.2, 0) is 66.7 Å². The maximum atomic E-state index is 13.5. The molecule has 308 valence electrons. The summed E-state index contributed by atoms with van der Waals surface area (Å²) in [6.45, 7) is 19.7. The fraction of sp³-hybridized carbons (Fsp3) is 0.707. The quantitative estimate of drug-likeness (QED) is 0.0917. The highest BCUT2D eigenvalue weighted by Gasteiger charge is 2.62. The fourth-order valence-corrected chi connectivity index (χ4v) is 8.61. The predicted octanol–water partition coefficient (Wildman–Crippen LogP) is 5.64. The van der Waals surface area contributed by atoms with E-state index in [-0.39, 0.29) is 24.4 Å². The highest BCUT2D eigenvalue weighted by molar-refractivity contribution is 5.87. The first-order valence-electron chi connectivity index (χ1n) is 18.9. The van der Waals surface area contributed by atoms with Crippen LogP contribution in [0.4, 0.5) is 0 Å². The largest absolute Gasteiger partial charge is 0.463 e. The lowest BCUT2D eigenvalue weighted by Crippen LogP contribution is -2.66. The molecule has 0 spiro atoms. The van der Waals surface area contributed by atoms with Gasteiger partial charge in [0, 0.05) is 45.6 Å². The minimum atomic E-state index is -1.46. The topological polar surface area (TPSA) is 176 Å². The molecule has 55 heavy (non-hydrogen) atoms. The van der Waals surface area contributed by atoms with E-state index in [9.17, 15) is 28.8 Å². The van der Waals surface area contributed by atoms with E-state index >= 15 is 0 Å². The van der Waals surface area contributed by atoms with Gasteiger partial charge in [-0.15, -0.1) is 0 Å². The fourth-order valence-electron chi connectivity index (χ4n) is 8.61. The summed E-state index contributed by atoms with van der Waals surface area (Å²) in [5.74, 6) is -3.69. The lowest BCUT2D eigenvalue weighted by molar-refractivity contribution is -0.334. The molecule has 0 amide bonds. The van der Waals surface area contributed by atoms with E-state index in [1.54, 1.807) is 19.9 Å². The average molecular weight is 777 g/mol. The summed E-state index contributed by atoms with van der Waals surface area (Å²) >= 11 is 0. The maximum Gasteiger partial charge on any atom is 0.333 e. The number of fused-ring (bicyclic) bond motifs is 1. The summed E-state index contributed by atoms with van der Waals surface area (Å²) in [7, 11) is 0. The predicted molar refractivity (Wildman–Crippen MR) is 198 cm³/mol. The Morgan fingerprint density at radius 1 is 0.800 bits per heavy atom. The first-order chi connectivity index (χ1) is 25.6. The third kappa shape index (κ3) is 11.5. The summed E-state index contributed by atoms with van der Waals surface area (Å²) in [5.41, 5.74) is 1.60. The van der Waals surface area contributed by atoms with Gasteiger partial charge in [0.1, 0.15) is 25.4 Å². The van der Waals surface area contributed by atoms with Crippen molar-refractivity contribution in [3.05, 3.63) is 34.9 Å². The molecule has 1 aliphatic heterocycles. The Morgan fingerprint density at radius 2 is 1.38 bits per heavy atom. The monoisotopic (exact) mass is 776 g/mol. The lowest BCUT2D eigenvalue weighted by atomic mass is 9.46. The van der Waals surface area contributed by atoms with Gasteiger partial charge in [-0.1, -0.05) is 44.1 Å². The van der Waals surface area contributed by atoms with Crippen molar-refractivity contribution in [3.63, 3.8) is 0 Å². The van der Waals surface area contributed by atoms with Crippen molar-refractivity contribution in [2.45, 2.75) is 152 Å². The van der Waals surface area contributed by atoms with Crippen LogP contribution in [0, 0.1) is 22.7 Å². The van der Waals surface area contributed by atoms with Crippen molar-refractivity contribution in [1.29, 1.82) is 0 Å². The van der Waals surface area contributed by atoms with Crippen molar-refractivity contribution < 1.29 is 66.7 Å². The zero-order chi connectivity index (χ0) is 41.4. The van der Waals surface area contributed by atoms with Crippen LogP contribution in [0.5, 0.6) is 0 Å². The molecule has 2 fully saturated rings. The summed E-state index contributed by atoms with van der Waals surface area (Å²) in [4.78, 5) is 74.2.